The van der Waals surface area contributed by atoms with Gasteiger partial charge in [0.1, 0.15) is 0 Å². The Labute approximate surface area is 111 Å². The van der Waals surface area contributed by atoms with Gasteiger partial charge in [0.2, 0.25) is 17.0 Å². The molecule has 1 aromatic heterocycles. The Morgan fingerprint density at radius 2 is 2.33 bits per heavy atom. The van der Waals surface area contributed by atoms with Crippen LogP contribution in [-0.4, -0.2) is 32.9 Å². The van der Waals surface area contributed by atoms with Crippen molar-refractivity contribution in [2.24, 2.45) is 5.92 Å². The number of amides is 1. The van der Waals surface area contributed by atoms with E-state index < -0.39 is 0 Å². The summed E-state index contributed by atoms with van der Waals surface area (Å²) >= 11 is 1.29. The lowest BCUT2D eigenvalue weighted by molar-refractivity contribution is -0.119. The second-order valence-electron chi connectivity index (χ2n) is 4.73. The van der Waals surface area contributed by atoms with Gasteiger partial charge in [0, 0.05) is 6.04 Å². The third-order valence-electron chi connectivity index (χ3n) is 3.27. The van der Waals surface area contributed by atoms with Crippen molar-refractivity contribution in [3.63, 3.8) is 0 Å². The largest absolute Gasteiger partial charge is 0.368 e. The van der Waals surface area contributed by atoms with Gasteiger partial charge in [-0.3, -0.25) is 4.79 Å². The zero-order valence-corrected chi connectivity index (χ0v) is 11.3. The highest BCUT2D eigenvalue weighted by atomic mass is 32.2. The van der Waals surface area contributed by atoms with Gasteiger partial charge in [-0.25, -0.2) is 5.10 Å². The quantitative estimate of drug-likeness (QED) is 0.713. The molecule has 4 N–H and O–H groups in total. The minimum Gasteiger partial charge on any atom is -0.368 e. The molecule has 100 valence electrons. The summed E-state index contributed by atoms with van der Waals surface area (Å²) in [7, 11) is 0. The molecule has 1 aromatic rings. The van der Waals surface area contributed by atoms with Gasteiger partial charge >= 0.3 is 0 Å². The van der Waals surface area contributed by atoms with Crippen molar-refractivity contribution in [3.05, 3.63) is 0 Å². The molecule has 1 saturated carbocycles. The molecule has 0 bridgehead atoms. The number of carbonyl (C=O) groups is 1. The summed E-state index contributed by atoms with van der Waals surface area (Å²) < 4.78 is 0. The van der Waals surface area contributed by atoms with Crippen molar-refractivity contribution in [1.29, 1.82) is 0 Å². The average Bonchev–Trinajstić information content (AvgIpc) is 2.76. The molecule has 0 aliphatic heterocycles. The van der Waals surface area contributed by atoms with E-state index in [2.05, 4.69) is 27.4 Å². The molecular weight excluding hydrogens is 250 g/mol. The topological polar surface area (TPSA) is 96.7 Å². The molecule has 2 rings (SSSR count). The molecule has 1 amide bonds. The molecule has 0 spiro atoms. The third-order valence-corrected chi connectivity index (χ3v) is 4.12. The molecule has 7 heteroatoms. The van der Waals surface area contributed by atoms with Gasteiger partial charge in [0.15, 0.2) is 0 Å². The number of carbonyl (C=O) groups excluding carboxylic acids is 1. The standard InChI is InChI=1S/C11H19N5OS/c1-7-4-2-3-5-8(7)13-9(17)6-18-11-14-10(12)15-16-11/h7-8H,2-6H2,1H3,(H,13,17)(H3,12,14,15,16)/t7-,8+/m1/s1. The van der Waals surface area contributed by atoms with E-state index in [4.69, 9.17) is 5.73 Å². The van der Waals surface area contributed by atoms with Crippen LogP contribution < -0.4 is 11.1 Å². The molecular formula is C11H19N5OS. The molecule has 0 aromatic carbocycles. The van der Waals surface area contributed by atoms with E-state index in [0.29, 0.717) is 22.9 Å². The molecule has 0 unspecified atom stereocenters. The summed E-state index contributed by atoms with van der Waals surface area (Å²) in [4.78, 5) is 15.7. The fourth-order valence-electron chi connectivity index (χ4n) is 2.23. The van der Waals surface area contributed by atoms with Crippen LogP contribution in [0.1, 0.15) is 32.6 Å². The van der Waals surface area contributed by atoms with Crippen molar-refractivity contribution >= 4 is 23.6 Å². The maximum absolute atomic E-state index is 11.8. The number of nitrogens with two attached hydrogens (primary N) is 1. The van der Waals surface area contributed by atoms with Crippen LogP contribution in [0.4, 0.5) is 5.95 Å². The van der Waals surface area contributed by atoms with Crippen molar-refractivity contribution in [2.45, 2.75) is 43.8 Å². The Balaban J connectivity index is 1.74. The summed E-state index contributed by atoms with van der Waals surface area (Å²) in [6, 6.07) is 0.323. The van der Waals surface area contributed by atoms with Crippen molar-refractivity contribution in [1.82, 2.24) is 20.5 Å². The number of rotatable bonds is 4. The Kier molecular flexibility index (Phi) is 4.46. The van der Waals surface area contributed by atoms with Crippen LogP contribution in [-0.2, 0) is 4.79 Å². The van der Waals surface area contributed by atoms with Gasteiger partial charge in [0.05, 0.1) is 5.75 Å². The van der Waals surface area contributed by atoms with Gasteiger partial charge in [0.25, 0.3) is 0 Å². The van der Waals surface area contributed by atoms with E-state index in [1.54, 1.807) is 0 Å². The van der Waals surface area contributed by atoms with Crippen LogP contribution in [0.2, 0.25) is 0 Å². The number of nitrogens with one attached hydrogen (secondary N) is 2. The highest BCUT2D eigenvalue weighted by molar-refractivity contribution is 7.99. The van der Waals surface area contributed by atoms with Gasteiger partial charge < -0.3 is 11.1 Å². The van der Waals surface area contributed by atoms with E-state index in [-0.39, 0.29) is 11.9 Å². The first-order valence-corrected chi connectivity index (χ1v) is 7.24. The van der Waals surface area contributed by atoms with Gasteiger partial charge in [-0.2, -0.15) is 4.98 Å². The number of aromatic nitrogens is 3. The Morgan fingerprint density at radius 3 is 3.00 bits per heavy atom. The SMILES string of the molecule is C[C@@H]1CCCC[C@@H]1NC(=O)CSc1n[nH]c(N)n1. The fraction of sp³-hybridized carbons (Fsp3) is 0.727. The number of anilines is 1. The first-order chi connectivity index (χ1) is 8.65. The summed E-state index contributed by atoms with van der Waals surface area (Å²) in [5.74, 6) is 1.23. The molecule has 2 atom stereocenters. The minimum atomic E-state index is 0.0436. The normalized spacial score (nSPS) is 23.8. The molecule has 6 nitrogen and oxygen atoms in total. The summed E-state index contributed by atoms with van der Waals surface area (Å²) in [6.07, 6.45) is 4.78. The van der Waals surface area contributed by atoms with Crippen molar-refractivity contribution in [3.8, 4) is 0 Å². The highest BCUT2D eigenvalue weighted by Crippen LogP contribution is 2.23. The van der Waals surface area contributed by atoms with Crippen LogP contribution in [0.5, 0.6) is 0 Å². The summed E-state index contributed by atoms with van der Waals surface area (Å²) in [6.45, 7) is 2.20. The number of hydrogen-bond donors (Lipinski definition) is 3. The maximum atomic E-state index is 11.8. The highest BCUT2D eigenvalue weighted by Gasteiger charge is 2.22. The molecule has 1 heterocycles. The molecule has 18 heavy (non-hydrogen) atoms. The number of nitrogen functional groups attached to an aromatic ring is 1. The first-order valence-electron chi connectivity index (χ1n) is 6.25. The number of thioether (sulfide) groups is 1. The monoisotopic (exact) mass is 269 g/mol. The van der Waals surface area contributed by atoms with Crippen LogP contribution >= 0.6 is 11.8 Å². The lowest BCUT2D eigenvalue weighted by Crippen LogP contribution is -2.41. The fourth-order valence-corrected chi connectivity index (χ4v) is 2.85. The third kappa shape index (κ3) is 3.63. The average molecular weight is 269 g/mol. The molecule has 0 radical (unpaired) electrons. The smallest absolute Gasteiger partial charge is 0.230 e. The zero-order chi connectivity index (χ0) is 13.0. The van der Waals surface area contributed by atoms with Crippen molar-refractivity contribution in [2.75, 3.05) is 11.5 Å². The van der Waals surface area contributed by atoms with Crippen molar-refractivity contribution < 1.29 is 4.79 Å². The second kappa shape index (κ2) is 6.08. The molecule has 1 aliphatic carbocycles. The lowest BCUT2D eigenvalue weighted by Gasteiger charge is -2.29. The lowest BCUT2D eigenvalue weighted by atomic mass is 9.86. The predicted octanol–water partition coefficient (Wildman–Crippen LogP) is 1.17. The molecule has 0 saturated heterocycles. The maximum Gasteiger partial charge on any atom is 0.230 e. The second-order valence-corrected chi connectivity index (χ2v) is 5.67. The van der Waals surface area contributed by atoms with Crippen LogP contribution in [0.3, 0.4) is 0 Å². The summed E-state index contributed by atoms with van der Waals surface area (Å²) in [5.41, 5.74) is 5.41. The predicted molar refractivity (Wildman–Crippen MR) is 71.1 cm³/mol. The van der Waals surface area contributed by atoms with E-state index in [1.807, 2.05) is 0 Å². The Bertz CT molecular complexity index is 408. The number of H-pyrrole nitrogens is 1. The minimum absolute atomic E-state index is 0.0436. The van der Waals surface area contributed by atoms with E-state index in [9.17, 15) is 4.79 Å². The van der Waals surface area contributed by atoms with E-state index in [0.717, 1.165) is 6.42 Å². The van der Waals surface area contributed by atoms with Gasteiger partial charge in [-0.15, -0.1) is 5.10 Å². The van der Waals surface area contributed by atoms with Crippen LogP contribution in [0, 0.1) is 5.92 Å². The number of aromatic amines is 1. The number of nitrogens with zero attached hydrogens (tertiary/aromatic N) is 2. The van der Waals surface area contributed by atoms with Gasteiger partial charge in [-0.05, 0) is 18.8 Å². The number of hydrogen-bond acceptors (Lipinski definition) is 5. The summed E-state index contributed by atoms with van der Waals surface area (Å²) in [5, 5.41) is 10.0. The zero-order valence-electron chi connectivity index (χ0n) is 10.5. The van der Waals surface area contributed by atoms with Crippen LogP contribution in [0.25, 0.3) is 0 Å². The van der Waals surface area contributed by atoms with E-state index in [1.165, 1.54) is 31.0 Å². The first kappa shape index (κ1) is 13.2. The Morgan fingerprint density at radius 1 is 1.56 bits per heavy atom. The van der Waals surface area contributed by atoms with E-state index >= 15 is 0 Å². The Hall–Kier alpha value is -1.24. The van der Waals surface area contributed by atoms with Crippen LogP contribution in [0.15, 0.2) is 5.16 Å². The molecule has 1 aliphatic rings. The van der Waals surface area contributed by atoms with Gasteiger partial charge in [-0.1, -0.05) is 31.5 Å². The molecule has 1 fully saturated rings.